The Morgan fingerprint density at radius 2 is 1.96 bits per heavy atom. The maximum absolute atomic E-state index is 12.5. The molecule has 0 radical (unpaired) electrons. The van der Waals surface area contributed by atoms with Crippen molar-refractivity contribution in [3.05, 3.63) is 45.7 Å². The second-order valence-corrected chi connectivity index (χ2v) is 5.84. The summed E-state index contributed by atoms with van der Waals surface area (Å²) < 4.78 is 1.58. The number of aromatic nitrogens is 2. The van der Waals surface area contributed by atoms with E-state index in [0.29, 0.717) is 18.8 Å². The first kappa shape index (κ1) is 18.3. The van der Waals surface area contributed by atoms with Crippen molar-refractivity contribution in [2.45, 2.75) is 26.8 Å². The first-order valence-electron chi connectivity index (χ1n) is 7.58. The molecular formula is C16H18Cl2N4O2. The highest BCUT2D eigenvalue weighted by molar-refractivity contribution is 6.44. The molecule has 2 rings (SSSR count). The molecule has 0 saturated heterocycles. The number of hydrogen-bond donors (Lipinski definition) is 2. The van der Waals surface area contributed by atoms with Gasteiger partial charge in [-0.05, 0) is 25.5 Å². The van der Waals surface area contributed by atoms with Crippen molar-refractivity contribution in [1.82, 2.24) is 15.1 Å². The molecule has 8 heteroatoms. The summed E-state index contributed by atoms with van der Waals surface area (Å²) in [6, 6.07) is 4.79. The molecule has 1 aromatic heterocycles. The summed E-state index contributed by atoms with van der Waals surface area (Å²) in [4.78, 5) is 24.7. The normalized spacial score (nSPS) is 10.5. The smallest absolute Gasteiger partial charge is 0.273 e. The van der Waals surface area contributed by atoms with Gasteiger partial charge in [0.15, 0.2) is 5.69 Å². The molecule has 2 amide bonds. The molecular weight excluding hydrogens is 351 g/mol. The lowest BCUT2D eigenvalue weighted by atomic mass is 10.2. The van der Waals surface area contributed by atoms with Gasteiger partial charge in [0, 0.05) is 19.3 Å². The fraction of sp³-hybridized carbons (Fsp3) is 0.312. The van der Waals surface area contributed by atoms with Crippen molar-refractivity contribution in [3.8, 4) is 0 Å². The van der Waals surface area contributed by atoms with Crippen molar-refractivity contribution >= 4 is 40.7 Å². The van der Waals surface area contributed by atoms with Crippen LogP contribution in [0.15, 0.2) is 24.4 Å². The predicted molar refractivity (Wildman–Crippen MR) is 94.9 cm³/mol. The summed E-state index contributed by atoms with van der Waals surface area (Å²) in [6.07, 6.45) is 2.41. The summed E-state index contributed by atoms with van der Waals surface area (Å²) in [5.41, 5.74) is 0.719. The van der Waals surface area contributed by atoms with Gasteiger partial charge in [-0.3, -0.25) is 14.3 Å². The number of anilines is 1. The molecule has 1 aromatic carbocycles. The summed E-state index contributed by atoms with van der Waals surface area (Å²) in [5, 5.41) is 10.1. The Kier molecular flexibility index (Phi) is 6.23. The van der Waals surface area contributed by atoms with Gasteiger partial charge in [0.1, 0.15) is 0 Å². The molecule has 0 spiro atoms. The van der Waals surface area contributed by atoms with Crippen LogP contribution in [0.3, 0.4) is 0 Å². The van der Waals surface area contributed by atoms with E-state index in [1.807, 2.05) is 13.8 Å². The number of carbonyl (C=O) groups is 2. The fourth-order valence-electron chi connectivity index (χ4n) is 2.03. The number of benzene rings is 1. The van der Waals surface area contributed by atoms with Crippen LogP contribution in [0.2, 0.25) is 10.0 Å². The lowest BCUT2D eigenvalue weighted by Gasteiger charge is -2.08. The van der Waals surface area contributed by atoms with Gasteiger partial charge in [-0.1, -0.05) is 36.2 Å². The van der Waals surface area contributed by atoms with Gasteiger partial charge in [0.2, 0.25) is 0 Å². The Morgan fingerprint density at radius 3 is 2.62 bits per heavy atom. The van der Waals surface area contributed by atoms with Gasteiger partial charge in [-0.25, -0.2) is 0 Å². The van der Waals surface area contributed by atoms with Crippen LogP contribution in [0.1, 0.15) is 41.1 Å². The van der Waals surface area contributed by atoms with E-state index in [9.17, 15) is 9.59 Å². The van der Waals surface area contributed by atoms with E-state index in [0.717, 1.165) is 6.42 Å². The van der Waals surface area contributed by atoms with Crippen molar-refractivity contribution in [1.29, 1.82) is 0 Å². The predicted octanol–water partition coefficient (Wildman–Crippen LogP) is 3.60. The largest absolute Gasteiger partial charge is 0.351 e. The molecule has 2 aromatic rings. The van der Waals surface area contributed by atoms with E-state index < -0.39 is 5.91 Å². The molecule has 24 heavy (non-hydrogen) atoms. The zero-order valence-corrected chi connectivity index (χ0v) is 14.9. The van der Waals surface area contributed by atoms with Crippen LogP contribution < -0.4 is 10.6 Å². The Bertz CT molecular complexity index is 759. The standard InChI is InChI=1S/C16H18Cl2N4O2/c1-3-8-19-16(24)14-12(9-22(4-2)21-14)20-15(23)10-6-5-7-11(17)13(10)18/h5-7,9H,3-4,8H2,1-2H3,(H,19,24)(H,20,23). The lowest BCUT2D eigenvalue weighted by molar-refractivity contribution is 0.0948. The molecule has 0 saturated carbocycles. The molecule has 0 atom stereocenters. The number of amides is 2. The van der Waals surface area contributed by atoms with Crippen LogP contribution in [0.25, 0.3) is 0 Å². The summed E-state index contributed by atoms with van der Waals surface area (Å²) in [5.74, 6) is -0.792. The lowest BCUT2D eigenvalue weighted by Crippen LogP contribution is -2.26. The van der Waals surface area contributed by atoms with Crippen LogP contribution in [0.5, 0.6) is 0 Å². The number of carbonyl (C=O) groups excluding carboxylic acids is 2. The molecule has 0 aliphatic heterocycles. The van der Waals surface area contributed by atoms with Gasteiger partial charge in [-0.2, -0.15) is 5.10 Å². The van der Waals surface area contributed by atoms with Gasteiger partial charge in [0.25, 0.3) is 11.8 Å². The van der Waals surface area contributed by atoms with E-state index in [1.54, 1.807) is 29.1 Å². The molecule has 0 aliphatic rings. The Hall–Kier alpha value is -2.05. The Labute approximate surface area is 150 Å². The van der Waals surface area contributed by atoms with Crippen molar-refractivity contribution in [2.75, 3.05) is 11.9 Å². The van der Waals surface area contributed by atoms with Crippen LogP contribution in [0, 0.1) is 0 Å². The Morgan fingerprint density at radius 1 is 1.21 bits per heavy atom. The number of halogens is 2. The van der Waals surface area contributed by atoms with E-state index in [4.69, 9.17) is 23.2 Å². The van der Waals surface area contributed by atoms with Crippen molar-refractivity contribution in [2.24, 2.45) is 0 Å². The highest BCUT2D eigenvalue weighted by Gasteiger charge is 2.20. The van der Waals surface area contributed by atoms with Crippen LogP contribution in [-0.2, 0) is 6.54 Å². The topological polar surface area (TPSA) is 76.0 Å². The molecule has 0 fully saturated rings. The highest BCUT2D eigenvalue weighted by Crippen LogP contribution is 2.26. The van der Waals surface area contributed by atoms with E-state index in [-0.39, 0.29) is 27.2 Å². The first-order valence-corrected chi connectivity index (χ1v) is 8.34. The van der Waals surface area contributed by atoms with Crippen LogP contribution in [-0.4, -0.2) is 28.1 Å². The fourth-order valence-corrected chi connectivity index (χ4v) is 2.42. The summed E-state index contributed by atoms with van der Waals surface area (Å²) in [6.45, 7) is 4.95. The second-order valence-electron chi connectivity index (χ2n) is 5.06. The SMILES string of the molecule is CCCNC(=O)c1nn(CC)cc1NC(=O)c1cccc(Cl)c1Cl. The molecule has 0 unspecified atom stereocenters. The van der Waals surface area contributed by atoms with Gasteiger partial charge in [0.05, 0.1) is 21.3 Å². The minimum atomic E-state index is -0.456. The molecule has 1 heterocycles. The third-order valence-corrected chi connectivity index (χ3v) is 4.10. The Balaban J connectivity index is 2.28. The van der Waals surface area contributed by atoms with Crippen molar-refractivity contribution in [3.63, 3.8) is 0 Å². The zero-order chi connectivity index (χ0) is 17.7. The highest BCUT2D eigenvalue weighted by atomic mass is 35.5. The zero-order valence-electron chi connectivity index (χ0n) is 13.4. The molecule has 0 bridgehead atoms. The van der Waals surface area contributed by atoms with Crippen molar-refractivity contribution < 1.29 is 9.59 Å². The molecule has 2 N–H and O–H groups in total. The third kappa shape index (κ3) is 4.07. The van der Waals surface area contributed by atoms with Crippen LogP contribution >= 0.6 is 23.2 Å². The average Bonchev–Trinajstić information content (AvgIpc) is 2.98. The molecule has 0 aliphatic carbocycles. The first-order chi connectivity index (χ1) is 11.5. The number of nitrogens with zero attached hydrogens (tertiary/aromatic N) is 2. The molecule has 6 nitrogen and oxygen atoms in total. The average molecular weight is 369 g/mol. The minimum Gasteiger partial charge on any atom is -0.351 e. The number of rotatable bonds is 6. The number of nitrogens with one attached hydrogen (secondary N) is 2. The maximum Gasteiger partial charge on any atom is 0.273 e. The second kappa shape index (κ2) is 8.17. The van der Waals surface area contributed by atoms with E-state index in [1.165, 1.54) is 0 Å². The van der Waals surface area contributed by atoms with E-state index in [2.05, 4.69) is 15.7 Å². The summed E-state index contributed by atoms with van der Waals surface area (Å²) >= 11 is 12.0. The van der Waals surface area contributed by atoms with Gasteiger partial charge >= 0.3 is 0 Å². The third-order valence-electron chi connectivity index (χ3n) is 3.28. The quantitative estimate of drug-likeness (QED) is 0.817. The minimum absolute atomic E-state index is 0.163. The van der Waals surface area contributed by atoms with Gasteiger partial charge in [-0.15, -0.1) is 0 Å². The van der Waals surface area contributed by atoms with Gasteiger partial charge < -0.3 is 10.6 Å². The van der Waals surface area contributed by atoms with Crippen LogP contribution in [0.4, 0.5) is 5.69 Å². The number of aryl methyl sites for hydroxylation is 1. The van der Waals surface area contributed by atoms with E-state index >= 15 is 0 Å². The monoisotopic (exact) mass is 368 g/mol. The molecule has 128 valence electrons. The maximum atomic E-state index is 12.5. The number of hydrogen-bond acceptors (Lipinski definition) is 3. The summed E-state index contributed by atoms with van der Waals surface area (Å²) in [7, 11) is 0.